The third kappa shape index (κ3) is 3.27. The summed E-state index contributed by atoms with van der Waals surface area (Å²) in [7, 11) is 0. The van der Waals surface area contributed by atoms with Crippen molar-refractivity contribution in [2.24, 2.45) is 5.10 Å². The van der Waals surface area contributed by atoms with Gasteiger partial charge in [0, 0.05) is 6.20 Å². The molecule has 0 unspecified atom stereocenters. The van der Waals surface area contributed by atoms with Gasteiger partial charge in [-0.25, -0.2) is 4.98 Å². The Morgan fingerprint density at radius 3 is 2.74 bits per heavy atom. The first kappa shape index (κ1) is 15.3. The van der Waals surface area contributed by atoms with E-state index in [2.05, 4.69) is 15.5 Å². The zero-order valence-corrected chi connectivity index (χ0v) is 12.8. The second kappa shape index (κ2) is 6.27. The number of hydrazone groups is 1. The van der Waals surface area contributed by atoms with Gasteiger partial charge >= 0.3 is 0 Å². The van der Waals surface area contributed by atoms with Crippen molar-refractivity contribution in [2.75, 3.05) is 12.2 Å². The lowest BCUT2D eigenvalue weighted by atomic mass is 10.1. The zero-order chi connectivity index (χ0) is 16.4. The van der Waals surface area contributed by atoms with Gasteiger partial charge in [-0.15, -0.1) is 0 Å². The highest BCUT2D eigenvalue weighted by Gasteiger charge is 2.22. The average Bonchev–Trinajstić information content (AvgIpc) is 2.95. The monoisotopic (exact) mass is 354 g/mol. The molecule has 0 atom stereocenters. The average molecular weight is 355 g/mol. The number of pyridine rings is 1. The molecule has 0 fully saturated rings. The van der Waals surface area contributed by atoms with E-state index in [1.54, 1.807) is 0 Å². The first-order valence-electron chi connectivity index (χ1n) is 6.23. The molecule has 0 radical (unpaired) electrons. The van der Waals surface area contributed by atoms with Crippen LogP contribution in [-0.4, -0.2) is 22.9 Å². The Morgan fingerprint density at radius 2 is 2.04 bits per heavy atom. The standard InChI is InChI=1S/C13H8Cl2N4O4/c14-8-2-9(15)13(16-5-8)18-17-4-7-1-11-12(23-6-22-11)3-10(7)19(20)21/h1-5H,6H2,(H,16,18)/b17-4-. The van der Waals surface area contributed by atoms with Crippen LogP contribution in [0.4, 0.5) is 11.5 Å². The molecule has 10 heteroatoms. The molecule has 23 heavy (non-hydrogen) atoms. The summed E-state index contributed by atoms with van der Waals surface area (Å²) in [5.41, 5.74) is 2.69. The second-order valence-corrected chi connectivity index (χ2v) is 5.22. The predicted octanol–water partition coefficient (Wildman–Crippen LogP) is 3.47. The topological polar surface area (TPSA) is 98.9 Å². The maximum atomic E-state index is 11.1. The van der Waals surface area contributed by atoms with Gasteiger partial charge in [-0.2, -0.15) is 5.10 Å². The van der Waals surface area contributed by atoms with Crippen LogP contribution < -0.4 is 14.9 Å². The Labute approximate surface area is 139 Å². The highest BCUT2D eigenvalue weighted by atomic mass is 35.5. The largest absolute Gasteiger partial charge is 0.454 e. The normalized spacial score (nSPS) is 12.6. The lowest BCUT2D eigenvalue weighted by Gasteiger charge is -2.03. The van der Waals surface area contributed by atoms with Crippen molar-refractivity contribution in [3.05, 3.63) is 50.1 Å². The van der Waals surface area contributed by atoms with E-state index in [4.69, 9.17) is 32.7 Å². The summed E-state index contributed by atoms with van der Waals surface area (Å²) >= 11 is 11.7. The number of rotatable bonds is 4. The third-order valence-electron chi connectivity index (χ3n) is 2.90. The summed E-state index contributed by atoms with van der Waals surface area (Å²) in [5.74, 6) is 1.01. The van der Waals surface area contributed by atoms with Crippen LogP contribution in [0.5, 0.6) is 11.5 Å². The van der Waals surface area contributed by atoms with Crippen molar-refractivity contribution in [3.63, 3.8) is 0 Å². The van der Waals surface area contributed by atoms with Crippen molar-refractivity contribution < 1.29 is 14.4 Å². The zero-order valence-electron chi connectivity index (χ0n) is 11.3. The lowest BCUT2D eigenvalue weighted by Crippen LogP contribution is -1.98. The number of aromatic nitrogens is 1. The second-order valence-electron chi connectivity index (χ2n) is 4.38. The third-order valence-corrected chi connectivity index (χ3v) is 3.40. The summed E-state index contributed by atoms with van der Waals surface area (Å²) in [4.78, 5) is 14.6. The van der Waals surface area contributed by atoms with Crippen LogP contribution >= 0.6 is 23.2 Å². The number of hydrogen-bond donors (Lipinski definition) is 1. The number of anilines is 1. The molecule has 0 saturated carbocycles. The fourth-order valence-electron chi connectivity index (χ4n) is 1.87. The van der Waals surface area contributed by atoms with Crippen LogP contribution in [0.3, 0.4) is 0 Å². The van der Waals surface area contributed by atoms with Crippen molar-refractivity contribution in [2.45, 2.75) is 0 Å². The molecule has 1 N–H and O–H groups in total. The van der Waals surface area contributed by atoms with Crippen LogP contribution in [0.15, 0.2) is 29.5 Å². The van der Waals surface area contributed by atoms with E-state index in [9.17, 15) is 10.1 Å². The fraction of sp³-hybridized carbons (Fsp3) is 0.0769. The van der Waals surface area contributed by atoms with Crippen LogP contribution in [0.1, 0.15) is 5.56 Å². The molecule has 0 saturated heterocycles. The maximum absolute atomic E-state index is 11.1. The Balaban J connectivity index is 1.85. The van der Waals surface area contributed by atoms with Gasteiger partial charge in [-0.05, 0) is 12.1 Å². The van der Waals surface area contributed by atoms with Gasteiger partial charge in [-0.1, -0.05) is 23.2 Å². The van der Waals surface area contributed by atoms with E-state index >= 15 is 0 Å². The SMILES string of the molecule is O=[N+]([O-])c1cc2c(cc1/C=N\Nc1ncc(Cl)cc1Cl)OCO2. The van der Waals surface area contributed by atoms with Gasteiger partial charge in [0.15, 0.2) is 17.3 Å². The van der Waals surface area contributed by atoms with Crippen LogP contribution in [-0.2, 0) is 0 Å². The quantitative estimate of drug-likeness (QED) is 0.512. The van der Waals surface area contributed by atoms with Gasteiger partial charge in [-0.3, -0.25) is 15.5 Å². The minimum absolute atomic E-state index is 0.0234. The van der Waals surface area contributed by atoms with E-state index in [1.807, 2.05) is 0 Å². The molecule has 1 aromatic carbocycles. The van der Waals surface area contributed by atoms with E-state index in [0.717, 1.165) is 0 Å². The highest BCUT2D eigenvalue weighted by molar-refractivity contribution is 6.35. The molecule has 0 aliphatic carbocycles. The molecule has 2 aromatic rings. The van der Waals surface area contributed by atoms with Gasteiger partial charge in [0.25, 0.3) is 5.69 Å². The Hall–Kier alpha value is -2.58. The van der Waals surface area contributed by atoms with Crippen LogP contribution in [0, 0.1) is 10.1 Å². The summed E-state index contributed by atoms with van der Waals surface area (Å²) in [5, 5.41) is 15.7. The molecular weight excluding hydrogens is 347 g/mol. The number of ether oxygens (including phenoxy) is 2. The van der Waals surface area contributed by atoms with Crippen molar-refractivity contribution in [1.29, 1.82) is 0 Å². The smallest absolute Gasteiger partial charge is 0.282 e. The van der Waals surface area contributed by atoms with Gasteiger partial charge in [0.2, 0.25) is 6.79 Å². The van der Waals surface area contributed by atoms with E-state index in [0.29, 0.717) is 16.5 Å². The number of nitrogens with one attached hydrogen (secondary N) is 1. The Morgan fingerprint density at radius 1 is 1.30 bits per heavy atom. The molecule has 0 bridgehead atoms. The molecule has 2 heterocycles. The number of fused-ring (bicyclic) bond motifs is 1. The molecule has 1 aliphatic rings. The molecular formula is C13H8Cl2N4O4. The van der Waals surface area contributed by atoms with Crippen LogP contribution in [0.25, 0.3) is 0 Å². The van der Waals surface area contributed by atoms with E-state index in [1.165, 1.54) is 30.6 Å². The maximum Gasteiger partial charge on any atom is 0.282 e. The fourth-order valence-corrected chi connectivity index (χ4v) is 2.29. The lowest BCUT2D eigenvalue weighted by molar-refractivity contribution is -0.385. The number of benzene rings is 1. The number of nitro groups is 1. The molecule has 1 aliphatic heterocycles. The summed E-state index contributed by atoms with van der Waals surface area (Å²) < 4.78 is 10.3. The van der Waals surface area contributed by atoms with Crippen molar-refractivity contribution in [1.82, 2.24) is 4.98 Å². The van der Waals surface area contributed by atoms with Gasteiger partial charge in [0.05, 0.1) is 32.8 Å². The van der Waals surface area contributed by atoms with E-state index in [-0.39, 0.29) is 28.9 Å². The minimum Gasteiger partial charge on any atom is -0.454 e. The Kier molecular flexibility index (Phi) is 4.18. The number of halogens is 2. The van der Waals surface area contributed by atoms with Gasteiger partial charge < -0.3 is 9.47 Å². The highest BCUT2D eigenvalue weighted by Crippen LogP contribution is 2.37. The predicted molar refractivity (Wildman–Crippen MR) is 84.7 cm³/mol. The number of hydrogen-bond acceptors (Lipinski definition) is 7. The molecule has 0 spiro atoms. The number of nitrogens with zero attached hydrogens (tertiary/aromatic N) is 3. The van der Waals surface area contributed by atoms with Crippen molar-refractivity contribution in [3.8, 4) is 11.5 Å². The molecule has 8 nitrogen and oxygen atoms in total. The van der Waals surface area contributed by atoms with Crippen molar-refractivity contribution >= 4 is 40.9 Å². The first-order valence-corrected chi connectivity index (χ1v) is 6.98. The summed E-state index contributed by atoms with van der Waals surface area (Å²) in [6.07, 6.45) is 2.67. The Bertz CT molecular complexity index is 813. The molecule has 0 amide bonds. The van der Waals surface area contributed by atoms with E-state index < -0.39 is 4.92 Å². The van der Waals surface area contributed by atoms with Crippen LogP contribution in [0.2, 0.25) is 10.0 Å². The minimum atomic E-state index is -0.531. The first-order chi connectivity index (χ1) is 11.0. The molecule has 1 aromatic heterocycles. The summed E-state index contributed by atoms with van der Waals surface area (Å²) in [6, 6.07) is 4.26. The summed E-state index contributed by atoms with van der Waals surface area (Å²) in [6.45, 7) is 0.0234. The molecule has 3 rings (SSSR count). The molecule has 118 valence electrons. The van der Waals surface area contributed by atoms with Gasteiger partial charge in [0.1, 0.15) is 0 Å². The number of nitro benzene ring substituents is 1.